The van der Waals surface area contributed by atoms with Crippen molar-refractivity contribution in [2.45, 2.75) is 79.1 Å². The Kier molecular flexibility index (Phi) is 24.1. The first kappa shape index (κ1) is 27.7. The molecule has 0 aliphatic rings. The number of halogens is 1. The average Bonchev–Trinajstić information content (AvgIpc) is 2.54. The predicted octanol–water partition coefficient (Wildman–Crippen LogP) is 1.71. The summed E-state index contributed by atoms with van der Waals surface area (Å²) in [6.45, 7) is 15.0. The quantitative estimate of drug-likeness (QED) is 0.344. The van der Waals surface area contributed by atoms with Gasteiger partial charge in [0.15, 0.2) is 0 Å². The zero-order valence-corrected chi connectivity index (χ0v) is 18.3. The number of hydrogen-bond donors (Lipinski definition) is 0. The van der Waals surface area contributed by atoms with Crippen LogP contribution in [0.3, 0.4) is 0 Å². The molecule has 0 saturated carbocycles. The van der Waals surface area contributed by atoms with Gasteiger partial charge < -0.3 is 26.4 Å². The van der Waals surface area contributed by atoms with E-state index in [2.05, 4.69) is 27.7 Å². The summed E-state index contributed by atoms with van der Waals surface area (Å²) >= 11 is 0. The van der Waals surface area contributed by atoms with Gasteiger partial charge in [0, 0.05) is 14.1 Å². The van der Waals surface area contributed by atoms with Gasteiger partial charge in [-0.15, -0.1) is 0 Å². The van der Waals surface area contributed by atoms with E-state index in [0.29, 0.717) is 0 Å². The lowest BCUT2D eigenvalue weighted by molar-refractivity contribution is -0.929. The lowest BCUT2D eigenvalue weighted by Gasteiger charge is -2.39. The van der Waals surface area contributed by atoms with E-state index in [1.165, 1.54) is 86.9 Å². The van der Waals surface area contributed by atoms with Crippen molar-refractivity contribution in [1.82, 2.24) is 4.90 Å². The fraction of sp³-hybridized carbons (Fsp3) is 0.947. The number of nitrogens with zero attached hydrogens (tertiary/aromatic N) is 2. The number of amides is 1. The summed E-state index contributed by atoms with van der Waals surface area (Å²) in [5, 5.41) is 0. The third-order valence-electron chi connectivity index (χ3n) is 4.15. The highest BCUT2D eigenvalue weighted by Gasteiger charge is 2.24. The molecule has 0 saturated heterocycles. The van der Waals surface area contributed by atoms with Crippen LogP contribution in [0.25, 0.3) is 0 Å². The van der Waals surface area contributed by atoms with Gasteiger partial charge in [-0.2, -0.15) is 0 Å². The van der Waals surface area contributed by atoms with E-state index >= 15 is 0 Å². The van der Waals surface area contributed by atoms with Gasteiger partial charge in [0.25, 0.3) is 0 Å². The molecule has 0 radical (unpaired) electrons. The number of rotatable bonds is 13. The summed E-state index contributed by atoms with van der Waals surface area (Å²) in [4.78, 5) is 10.9. The molecule has 0 aromatic carbocycles. The molecule has 0 N–H and O–H groups in total. The van der Waals surface area contributed by atoms with Crippen molar-refractivity contribution < 1.29 is 26.3 Å². The second-order valence-corrected chi connectivity index (χ2v) is 6.72. The Labute approximate surface area is 157 Å². The van der Waals surface area contributed by atoms with Gasteiger partial charge in [-0.25, -0.2) is 0 Å². The van der Waals surface area contributed by atoms with Gasteiger partial charge >= 0.3 is 0 Å². The molecule has 0 aromatic heterocycles. The molecule has 4 heteroatoms. The van der Waals surface area contributed by atoms with E-state index in [0.717, 1.165) is 6.41 Å². The fourth-order valence-electron chi connectivity index (χ4n) is 2.64. The molecule has 1 amide bonds. The molecule has 23 heavy (non-hydrogen) atoms. The van der Waals surface area contributed by atoms with Crippen molar-refractivity contribution in [1.29, 1.82) is 0 Å². The highest BCUT2D eigenvalue weighted by Crippen LogP contribution is 2.16. The van der Waals surface area contributed by atoms with Gasteiger partial charge in [-0.05, 0) is 25.7 Å². The van der Waals surface area contributed by atoms with Crippen molar-refractivity contribution in [2.75, 3.05) is 40.3 Å². The second-order valence-electron chi connectivity index (χ2n) is 6.72. The minimum absolute atomic E-state index is 0. The molecule has 0 unspecified atom stereocenters. The van der Waals surface area contributed by atoms with Crippen LogP contribution < -0.4 is 17.0 Å². The van der Waals surface area contributed by atoms with Crippen LogP contribution in [0.5, 0.6) is 0 Å². The molecule has 0 heterocycles. The number of unbranched alkanes of at least 4 members (excludes halogenated alkanes) is 4. The number of carbonyl (C=O) groups excluding carboxylic acids is 1. The topological polar surface area (TPSA) is 20.3 Å². The maximum atomic E-state index is 9.43. The predicted molar refractivity (Wildman–Crippen MR) is 99.1 cm³/mol. The first-order valence-electron chi connectivity index (χ1n) is 9.48. The summed E-state index contributed by atoms with van der Waals surface area (Å²) in [7, 11) is 3.38. The smallest absolute Gasteiger partial charge is 0.209 e. The highest BCUT2D eigenvalue weighted by molar-refractivity contribution is 5.45. The molecule has 0 rings (SSSR count). The molecule has 0 spiro atoms. The molecule has 3 nitrogen and oxygen atoms in total. The van der Waals surface area contributed by atoms with Gasteiger partial charge in [0.05, 0.1) is 26.2 Å². The third-order valence-corrected chi connectivity index (χ3v) is 4.15. The lowest BCUT2D eigenvalue weighted by atomic mass is 10.1. The van der Waals surface area contributed by atoms with E-state index in [-0.39, 0.29) is 17.0 Å². The highest BCUT2D eigenvalue weighted by atomic mass is 79.9. The van der Waals surface area contributed by atoms with E-state index in [4.69, 9.17) is 0 Å². The SMILES string of the molecule is CCCC[N+](CCCC)(CCCC)CCCC.CN(C)C=O.[Br-]. The standard InChI is InChI=1S/C16H36N.C3H7NO.BrH/c1-5-9-13-17(14-10-6-2,15-11-7-3)16-12-8-4;1-4(2)3-5;/h5-16H2,1-4H3;3H,1-2H3;1H/q+1;;/p-1. The summed E-state index contributed by atoms with van der Waals surface area (Å²) in [5.74, 6) is 0. The van der Waals surface area contributed by atoms with Crippen molar-refractivity contribution in [3.63, 3.8) is 0 Å². The lowest BCUT2D eigenvalue weighted by Crippen LogP contribution is -3.00. The Bertz CT molecular complexity index is 198. The fourth-order valence-corrected chi connectivity index (χ4v) is 2.64. The maximum Gasteiger partial charge on any atom is 0.209 e. The zero-order chi connectivity index (χ0) is 17.3. The van der Waals surface area contributed by atoms with Crippen molar-refractivity contribution >= 4 is 6.41 Å². The number of quaternary nitrogens is 1. The van der Waals surface area contributed by atoms with Gasteiger partial charge in [0.1, 0.15) is 0 Å². The summed E-state index contributed by atoms with van der Waals surface area (Å²) in [6, 6.07) is 0. The first-order chi connectivity index (χ1) is 10.5. The van der Waals surface area contributed by atoms with E-state index in [1.54, 1.807) is 14.1 Å². The third kappa shape index (κ3) is 18.1. The van der Waals surface area contributed by atoms with Crippen LogP contribution in [0.2, 0.25) is 0 Å². The summed E-state index contributed by atoms with van der Waals surface area (Å²) in [6.07, 6.45) is 11.8. The second kappa shape index (κ2) is 20.0. The molecule has 0 bridgehead atoms. The summed E-state index contributed by atoms with van der Waals surface area (Å²) < 4.78 is 1.42. The van der Waals surface area contributed by atoms with Crippen molar-refractivity contribution in [3.8, 4) is 0 Å². The molecule has 0 aliphatic carbocycles. The molecule has 0 fully saturated rings. The van der Waals surface area contributed by atoms with Gasteiger partial charge in [-0.3, -0.25) is 4.79 Å². The van der Waals surface area contributed by atoms with E-state index < -0.39 is 0 Å². The van der Waals surface area contributed by atoms with E-state index in [9.17, 15) is 4.79 Å². The van der Waals surface area contributed by atoms with Gasteiger partial charge in [-0.1, -0.05) is 53.4 Å². The minimum Gasteiger partial charge on any atom is -1.00 e. The molecule has 142 valence electrons. The Morgan fingerprint density at radius 3 is 1.04 bits per heavy atom. The molecule has 0 atom stereocenters. The largest absolute Gasteiger partial charge is 1.00 e. The maximum absolute atomic E-state index is 9.43. The number of carbonyl (C=O) groups is 1. The van der Waals surface area contributed by atoms with Crippen LogP contribution in [0.4, 0.5) is 0 Å². The monoisotopic (exact) mass is 394 g/mol. The number of hydrogen-bond acceptors (Lipinski definition) is 1. The van der Waals surface area contributed by atoms with Gasteiger partial charge in [0.2, 0.25) is 6.41 Å². The van der Waals surface area contributed by atoms with Crippen LogP contribution in [0.1, 0.15) is 79.1 Å². The van der Waals surface area contributed by atoms with Crippen molar-refractivity contribution in [2.24, 2.45) is 0 Å². The zero-order valence-electron chi connectivity index (χ0n) is 16.7. The molecular weight excluding hydrogens is 352 g/mol. The van der Waals surface area contributed by atoms with Crippen LogP contribution >= 0.6 is 0 Å². The van der Waals surface area contributed by atoms with Crippen LogP contribution in [-0.4, -0.2) is 56.1 Å². The van der Waals surface area contributed by atoms with E-state index in [1.807, 2.05) is 0 Å². The average molecular weight is 395 g/mol. The Balaban J connectivity index is -0.000000578. The molecular formula is C19H43BrN2O. The van der Waals surface area contributed by atoms with Crippen LogP contribution in [0.15, 0.2) is 0 Å². The minimum atomic E-state index is 0. The van der Waals surface area contributed by atoms with Crippen LogP contribution in [-0.2, 0) is 4.79 Å². The Morgan fingerprint density at radius 1 is 0.696 bits per heavy atom. The Morgan fingerprint density at radius 2 is 0.913 bits per heavy atom. The first-order valence-corrected chi connectivity index (χ1v) is 9.48. The normalized spacial score (nSPS) is 10.3. The summed E-state index contributed by atoms with van der Waals surface area (Å²) in [5.41, 5.74) is 0. The van der Waals surface area contributed by atoms with Crippen LogP contribution in [0, 0.1) is 0 Å². The molecule has 0 aliphatic heterocycles. The van der Waals surface area contributed by atoms with Crippen molar-refractivity contribution in [3.05, 3.63) is 0 Å². The molecule has 0 aromatic rings. The Hall–Kier alpha value is -0.0900.